The lowest BCUT2D eigenvalue weighted by atomic mass is 9.91. The summed E-state index contributed by atoms with van der Waals surface area (Å²) in [6.07, 6.45) is 9.76. The summed E-state index contributed by atoms with van der Waals surface area (Å²) in [5, 5.41) is 14.3. The first kappa shape index (κ1) is 22.1. The van der Waals surface area contributed by atoms with Crippen LogP contribution < -0.4 is 16.0 Å². The summed E-state index contributed by atoms with van der Waals surface area (Å²) in [5.41, 5.74) is 4.25. The van der Waals surface area contributed by atoms with Gasteiger partial charge >= 0.3 is 0 Å². The molecule has 3 aromatic rings. The number of pyridine rings is 1. The van der Waals surface area contributed by atoms with E-state index in [0.29, 0.717) is 28.8 Å². The second-order valence-corrected chi connectivity index (χ2v) is 10.0. The molecule has 0 bridgehead atoms. The zero-order valence-electron chi connectivity index (χ0n) is 18.2. The van der Waals surface area contributed by atoms with Gasteiger partial charge in [-0.15, -0.1) is 0 Å². The predicted molar refractivity (Wildman–Crippen MR) is 135 cm³/mol. The Labute approximate surface area is 201 Å². The van der Waals surface area contributed by atoms with Crippen molar-refractivity contribution >= 4 is 41.0 Å². The zero-order chi connectivity index (χ0) is 22.5. The molecule has 1 aliphatic carbocycles. The van der Waals surface area contributed by atoms with Gasteiger partial charge < -0.3 is 16.0 Å². The summed E-state index contributed by atoms with van der Waals surface area (Å²) in [7, 11) is 0. The third-order valence-corrected chi connectivity index (χ3v) is 7.55. The molecule has 33 heavy (non-hydrogen) atoms. The molecule has 170 valence electrons. The quantitative estimate of drug-likeness (QED) is 0.437. The summed E-state index contributed by atoms with van der Waals surface area (Å²) in [5.74, 6) is 1.21. The van der Waals surface area contributed by atoms with E-state index in [1.165, 1.54) is 22.9 Å². The molecule has 1 saturated carbocycles. The van der Waals surface area contributed by atoms with Gasteiger partial charge in [0.2, 0.25) is 5.95 Å². The molecule has 2 aliphatic rings. The van der Waals surface area contributed by atoms with Crippen LogP contribution in [-0.4, -0.2) is 38.8 Å². The zero-order valence-corrected chi connectivity index (χ0v) is 19.8. The van der Waals surface area contributed by atoms with E-state index >= 15 is 0 Å². The predicted octanol–water partition coefficient (Wildman–Crippen LogP) is 4.27. The average Bonchev–Trinajstić information content (AvgIpc) is 3.52. The van der Waals surface area contributed by atoms with Crippen molar-refractivity contribution < 1.29 is 4.79 Å². The highest BCUT2D eigenvalue weighted by Gasteiger charge is 2.22. The minimum atomic E-state index is -0.0346. The number of thiophene rings is 1. The van der Waals surface area contributed by atoms with Gasteiger partial charge in [0.25, 0.3) is 5.91 Å². The van der Waals surface area contributed by atoms with E-state index in [2.05, 4.69) is 53.8 Å². The molecule has 7 nitrogen and oxygen atoms in total. The van der Waals surface area contributed by atoms with Crippen molar-refractivity contribution in [2.75, 3.05) is 11.2 Å². The highest BCUT2D eigenvalue weighted by Crippen LogP contribution is 2.26. The van der Waals surface area contributed by atoms with E-state index in [0.717, 1.165) is 43.6 Å². The maximum absolute atomic E-state index is 11.8. The second-order valence-electron chi connectivity index (χ2n) is 8.21. The van der Waals surface area contributed by atoms with Gasteiger partial charge in [-0.25, -0.2) is 9.97 Å². The molecule has 4 heterocycles. The van der Waals surface area contributed by atoms with Crippen LogP contribution in [0.15, 0.2) is 52.3 Å². The van der Waals surface area contributed by atoms with Gasteiger partial charge in [0.1, 0.15) is 0 Å². The number of carbonyl (C=O) groups is 1. The molecule has 3 N–H and O–H groups in total. The molecule has 3 aromatic heterocycles. The monoisotopic (exact) mass is 478 g/mol. The number of hydrogen-bond donors (Lipinski definition) is 3. The standard InChI is InChI=1S/C24H26N6OS2/c31-23-21(33-15-28-23)12-20-7-10-26-24(30-20)29-19-5-3-18(4-6-19)27-13-16-2-1-9-25-22(16)17-8-11-32-14-17/h1-2,7-12,14,18-19,27H,3-6,13,15H2,(H,28,31)(H,26,29,30)/b21-12-. The van der Waals surface area contributed by atoms with Gasteiger partial charge in [0, 0.05) is 42.0 Å². The van der Waals surface area contributed by atoms with Crippen LogP contribution >= 0.6 is 23.1 Å². The summed E-state index contributed by atoms with van der Waals surface area (Å²) in [4.78, 5) is 26.0. The lowest BCUT2D eigenvalue weighted by Gasteiger charge is -2.30. The Balaban J connectivity index is 1.13. The molecule has 0 atom stereocenters. The van der Waals surface area contributed by atoms with Crippen molar-refractivity contribution in [3.8, 4) is 11.3 Å². The van der Waals surface area contributed by atoms with E-state index < -0.39 is 0 Å². The highest BCUT2D eigenvalue weighted by atomic mass is 32.2. The molecular weight excluding hydrogens is 452 g/mol. The fourth-order valence-electron chi connectivity index (χ4n) is 4.22. The van der Waals surface area contributed by atoms with Crippen LogP contribution in [0.25, 0.3) is 17.3 Å². The van der Waals surface area contributed by atoms with Gasteiger partial charge in [0.05, 0.1) is 22.2 Å². The van der Waals surface area contributed by atoms with Crippen LogP contribution in [0.4, 0.5) is 5.95 Å². The smallest absolute Gasteiger partial charge is 0.258 e. The third kappa shape index (κ3) is 5.61. The molecule has 0 aromatic carbocycles. The van der Waals surface area contributed by atoms with Crippen LogP contribution in [0.2, 0.25) is 0 Å². The minimum absolute atomic E-state index is 0.0346. The normalized spacial score (nSPS) is 21.8. The highest BCUT2D eigenvalue weighted by molar-refractivity contribution is 8.04. The number of aromatic nitrogens is 3. The Kier molecular flexibility index (Phi) is 6.99. The molecule has 0 spiro atoms. The third-order valence-electron chi connectivity index (χ3n) is 5.97. The summed E-state index contributed by atoms with van der Waals surface area (Å²) < 4.78 is 0. The van der Waals surface area contributed by atoms with Gasteiger partial charge in [0.15, 0.2) is 0 Å². The molecule has 1 aliphatic heterocycles. The van der Waals surface area contributed by atoms with Crippen LogP contribution in [0.5, 0.6) is 0 Å². The number of carbonyl (C=O) groups excluding carboxylic acids is 1. The lowest BCUT2D eigenvalue weighted by molar-refractivity contribution is -0.116. The summed E-state index contributed by atoms with van der Waals surface area (Å²) in [6, 6.07) is 8.97. The van der Waals surface area contributed by atoms with Crippen molar-refractivity contribution in [2.45, 2.75) is 44.3 Å². The minimum Gasteiger partial charge on any atom is -0.351 e. The van der Waals surface area contributed by atoms with Crippen LogP contribution in [0, 0.1) is 0 Å². The molecular formula is C24H26N6OS2. The molecule has 0 radical (unpaired) electrons. The van der Waals surface area contributed by atoms with Gasteiger partial charge in [-0.3, -0.25) is 9.78 Å². The summed E-state index contributed by atoms with van der Waals surface area (Å²) >= 11 is 3.20. The van der Waals surface area contributed by atoms with Gasteiger partial charge in [-0.1, -0.05) is 17.8 Å². The first-order valence-electron chi connectivity index (χ1n) is 11.2. The number of thioether (sulfide) groups is 1. The number of anilines is 1. The number of nitrogens with one attached hydrogen (secondary N) is 3. The molecule has 9 heteroatoms. The Bertz CT molecular complexity index is 1130. The van der Waals surface area contributed by atoms with E-state index in [9.17, 15) is 4.79 Å². The number of nitrogens with zero attached hydrogens (tertiary/aromatic N) is 3. The number of hydrogen-bond acceptors (Lipinski definition) is 8. The molecule has 1 amide bonds. The molecule has 0 unspecified atom stereocenters. The topological polar surface area (TPSA) is 91.8 Å². The maximum atomic E-state index is 11.8. The first-order valence-corrected chi connectivity index (χ1v) is 13.1. The molecule has 1 saturated heterocycles. The van der Waals surface area contributed by atoms with Gasteiger partial charge in [-0.2, -0.15) is 11.3 Å². The lowest BCUT2D eigenvalue weighted by Crippen LogP contribution is -2.37. The van der Waals surface area contributed by atoms with Gasteiger partial charge in [-0.05, 0) is 60.9 Å². The first-order chi connectivity index (χ1) is 16.2. The fourth-order valence-corrected chi connectivity index (χ4v) is 5.62. The molecule has 2 fully saturated rings. The Morgan fingerprint density at radius 3 is 2.76 bits per heavy atom. The van der Waals surface area contributed by atoms with Crippen molar-refractivity contribution in [3.63, 3.8) is 0 Å². The van der Waals surface area contributed by atoms with Crippen LogP contribution in [0.1, 0.15) is 36.9 Å². The molecule has 5 rings (SSSR count). The maximum Gasteiger partial charge on any atom is 0.258 e. The summed E-state index contributed by atoms with van der Waals surface area (Å²) in [6.45, 7) is 0.827. The van der Waals surface area contributed by atoms with E-state index in [-0.39, 0.29) is 5.91 Å². The average molecular weight is 479 g/mol. The van der Waals surface area contributed by atoms with Crippen molar-refractivity contribution in [1.29, 1.82) is 0 Å². The fraction of sp³-hybridized carbons (Fsp3) is 0.333. The Morgan fingerprint density at radius 1 is 1.09 bits per heavy atom. The van der Waals surface area contributed by atoms with Crippen molar-refractivity contribution in [3.05, 3.63) is 63.6 Å². The van der Waals surface area contributed by atoms with E-state index in [4.69, 9.17) is 0 Å². The Hall–Kier alpha value is -2.75. The van der Waals surface area contributed by atoms with E-state index in [1.54, 1.807) is 17.5 Å². The van der Waals surface area contributed by atoms with E-state index in [1.807, 2.05) is 24.4 Å². The Morgan fingerprint density at radius 2 is 1.97 bits per heavy atom. The largest absolute Gasteiger partial charge is 0.351 e. The SMILES string of the molecule is O=C1NCS/C1=C\c1ccnc(NC2CCC(NCc3cccnc3-c3ccsc3)CC2)n1. The number of rotatable bonds is 7. The van der Waals surface area contributed by atoms with Crippen LogP contribution in [-0.2, 0) is 11.3 Å². The van der Waals surface area contributed by atoms with Crippen LogP contribution in [0.3, 0.4) is 0 Å². The second kappa shape index (κ2) is 10.5. The van der Waals surface area contributed by atoms with Crippen molar-refractivity contribution in [2.24, 2.45) is 0 Å². The van der Waals surface area contributed by atoms with Crippen molar-refractivity contribution in [1.82, 2.24) is 25.6 Å². The number of amides is 1.